The Labute approximate surface area is 62.9 Å². The Kier molecular flexibility index (Phi) is 2.49. The minimum absolute atomic E-state index is 0.223. The first-order chi connectivity index (χ1) is 4.34. The van der Waals surface area contributed by atoms with Crippen molar-refractivity contribution in [2.45, 2.75) is 23.8 Å². The van der Waals surface area contributed by atoms with Gasteiger partial charge in [-0.15, -0.1) is 0 Å². The Bertz CT molecular complexity index is 132. The molecule has 3 heteroatoms. The van der Waals surface area contributed by atoms with Gasteiger partial charge in [0.15, 0.2) is 6.10 Å². The van der Waals surface area contributed by atoms with Crippen LogP contribution in [-0.2, 0) is 4.74 Å². The SMILES string of the molecule is N#C[C@H]1OCCC[C@@H]1Br. The molecule has 0 aromatic carbocycles. The van der Waals surface area contributed by atoms with Crippen LogP contribution in [0.5, 0.6) is 0 Å². The van der Waals surface area contributed by atoms with Gasteiger partial charge in [-0.3, -0.25) is 0 Å². The summed E-state index contributed by atoms with van der Waals surface area (Å²) in [5.74, 6) is 0. The van der Waals surface area contributed by atoms with Crippen LogP contribution in [0, 0.1) is 11.3 Å². The predicted molar refractivity (Wildman–Crippen MR) is 37.3 cm³/mol. The molecule has 1 fully saturated rings. The number of rotatable bonds is 0. The van der Waals surface area contributed by atoms with Crippen LogP contribution in [0.25, 0.3) is 0 Å². The third-order valence-corrected chi connectivity index (χ3v) is 2.32. The van der Waals surface area contributed by atoms with E-state index >= 15 is 0 Å². The van der Waals surface area contributed by atoms with E-state index in [-0.39, 0.29) is 10.9 Å². The monoisotopic (exact) mass is 189 g/mol. The molecule has 2 nitrogen and oxygen atoms in total. The van der Waals surface area contributed by atoms with Gasteiger partial charge in [-0.25, -0.2) is 0 Å². The number of alkyl halides is 1. The maximum atomic E-state index is 8.46. The van der Waals surface area contributed by atoms with Gasteiger partial charge in [-0.1, -0.05) is 15.9 Å². The molecular formula is C6H8BrNO. The molecule has 0 saturated carbocycles. The van der Waals surface area contributed by atoms with Crippen molar-refractivity contribution in [2.24, 2.45) is 0 Å². The van der Waals surface area contributed by atoms with Crippen molar-refractivity contribution in [3.63, 3.8) is 0 Å². The van der Waals surface area contributed by atoms with E-state index in [1.54, 1.807) is 0 Å². The van der Waals surface area contributed by atoms with Gasteiger partial charge in [0.2, 0.25) is 0 Å². The maximum absolute atomic E-state index is 8.46. The molecule has 0 spiro atoms. The molecule has 9 heavy (non-hydrogen) atoms. The molecule has 0 aromatic rings. The molecule has 0 unspecified atom stereocenters. The van der Waals surface area contributed by atoms with Crippen molar-refractivity contribution in [1.82, 2.24) is 0 Å². The average Bonchev–Trinajstić information content (AvgIpc) is 1.89. The van der Waals surface area contributed by atoms with Gasteiger partial charge >= 0.3 is 0 Å². The van der Waals surface area contributed by atoms with Crippen LogP contribution in [0.4, 0.5) is 0 Å². The van der Waals surface area contributed by atoms with Crippen molar-refractivity contribution < 1.29 is 4.74 Å². The van der Waals surface area contributed by atoms with Gasteiger partial charge < -0.3 is 4.74 Å². The Morgan fingerprint density at radius 1 is 1.67 bits per heavy atom. The summed E-state index contributed by atoms with van der Waals surface area (Å²) in [6.07, 6.45) is 1.89. The molecule has 0 radical (unpaired) electrons. The van der Waals surface area contributed by atoms with Gasteiger partial charge in [-0.05, 0) is 12.8 Å². The minimum Gasteiger partial charge on any atom is -0.362 e. The second-order valence-corrected chi connectivity index (χ2v) is 3.25. The number of hydrogen-bond donors (Lipinski definition) is 0. The second kappa shape index (κ2) is 3.19. The average molecular weight is 190 g/mol. The third-order valence-electron chi connectivity index (χ3n) is 1.38. The Morgan fingerprint density at radius 2 is 2.44 bits per heavy atom. The molecule has 0 amide bonds. The van der Waals surface area contributed by atoms with Crippen molar-refractivity contribution in [3.05, 3.63) is 0 Å². The van der Waals surface area contributed by atoms with Crippen LogP contribution in [0.1, 0.15) is 12.8 Å². The number of hydrogen-bond acceptors (Lipinski definition) is 2. The number of ether oxygens (including phenoxy) is 1. The van der Waals surface area contributed by atoms with Gasteiger partial charge in [-0.2, -0.15) is 5.26 Å². The zero-order valence-corrected chi connectivity index (χ0v) is 6.60. The Morgan fingerprint density at radius 3 is 2.89 bits per heavy atom. The van der Waals surface area contributed by atoms with Crippen LogP contribution < -0.4 is 0 Å². The molecule has 1 rings (SSSR count). The van der Waals surface area contributed by atoms with Crippen LogP contribution in [0.3, 0.4) is 0 Å². The zero-order valence-electron chi connectivity index (χ0n) is 5.01. The maximum Gasteiger partial charge on any atom is 0.156 e. The summed E-state index contributed by atoms with van der Waals surface area (Å²) in [4.78, 5) is 0.247. The summed E-state index contributed by atoms with van der Waals surface area (Å²) >= 11 is 3.37. The lowest BCUT2D eigenvalue weighted by Crippen LogP contribution is -2.27. The van der Waals surface area contributed by atoms with E-state index in [2.05, 4.69) is 22.0 Å². The number of halogens is 1. The fourth-order valence-electron chi connectivity index (χ4n) is 0.863. The van der Waals surface area contributed by atoms with E-state index in [9.17, 15) is 0 Å². The summed E-state index contributed by atoms with van der Waals surface area (Å²) in [5.41, 5.74) is 0. The normalized spacial score (nSPS) is 35.6. The fourth-order valence-corrected chi connectivity index (χ4v) is 1.46. The molecular weight excluding hydrogens is 182 g/mol. The van der Waals surface area contributed by atoms with Crippen molar-refractivity contribution in [1.29, 1.82) is 5.26 Å². The third kappa shape index (κ3) is 1.67. The van der Waals surface area contributed by atoms with E-state index in [0.29, 0.717) is 0 Å². The van der Waals surface area contributed by atoms with E-state index in [4.69, 9.17) is 10.00 Å². The topological polar surface area (TPSA) is 33.0 Å². The van der Waals surface area contributed by atoms with E-state index < -0.39 is 0 Å². The van der Waals surface area contributed by atoms with Gasteiger partial charge in [0.1, 0.15) is 0 Å². The summed E-state index contributed by atoms with van der Waals surface area (Å²) < 4.78 is 5.13. The molecule has 0 aromatic heterocycles. The van der Waals surface area contributed by atoms with Gasteiger partial charge in [0, 0.05) is 6.61 Å². The summed E-state index contributed by atoms with van der Waals surface area (Å²) in [7, 11) is 0. The van der Waals surface area contributed by atoms with Crippen LogP contribution >= 0.6 is 15.9 Å². The quantitative estimate of drug-likeness (QED) is 0.541. The van der Waals surface area contributed by atoms with Crippen LogP contribution in [0.15, 0.2) is 0 Å². The zero-order chi connectivity index (χ0) is 6.69. The van der Waals surface area contributed by atoms with Crippen molar-refractivity contribution >= 4 is 15.9 Å². The molecule has 2 atom stereocenters. The summed E-state index contributed by atoms with van der Waals surface area (Å²) in [6.45, 7) is 0.736. The van der Waals surface area contributed by atoms with Crippen molar-refractivity contribution in [3.8, 4) is 6.07 Å². The van der Waals surface area contributed by atoms with Crippen LogP contribution in [-0.4, -0.2) is 17.5 Å². The lowest BCUT2D eigenvalue weighted by atomic mass is 10.1. The lowest BCUT2D eigenvalue weighted by Gasteiger charge is -2.21. The second-order valence-electron chi connectivity index (χ2n) is 2.08. The van der Waals surface area contributed by atoms with E-state index in [0.717, 1.165) is 19.4 Å². The molecule has 0 aliphatic carbocycles. The largest absolute Gasteiger partial charge is 0.362 e. The van der Waals surface area contributed by atoms with Gasteiger partial charge in [0.05, 0.1) is 10.9 Å². The first-order valence-corrected chi connectivity index (χ1v) is 3.91. The van der Waals surface area contributed by atoms with Gasteiger partial charge in [0.25, 0.3) is 0 Å². The highest BCUT2D eigenvalue weighted by molar-refractivity contribution is 9.09. The Hall–Kier alpha value is -0.0700. The smallest absolute Gasteiger partial charge is 0.156 e. The highest BCUT2D eigenvalue weighted by atomic mass is 79.9. The minimum atomic E-state index is -0.223. The van der Waals surface area contributed by atoms with E-state index in [1.807, 2.05) is 0 Å². The predicted octanol–water partition coefficient (Wildman–Crippen LogP) is 1.45. The fraction of sp³-hybridized carbons (Fsp3) is 0.833. The lowest BCUT2D eigenvalue weighted by molar-refractivity contribution is 0.0578. The van der Waals surface area contributed by atoms with Crippen LogP contribution in [0.2, 0.25) is 0 Å². The standard InChI is InChI=1S/C6H8BrNO/c7-5-2-1-3-9-6(5)4-8/h5-6H,1-3H2/t5-,6+/m0/s1. The van der Waals surface area contributed by atoms with Crippen molar-refractivity contribution in [2.75, 3.05) is 6.61 Å². The molecule has 0 N–H and O–H groups in total. The molecule has 50 valence electrons. The number of nitriles is 1. The Balaban J connectivity index is 2.41. The first kappa shape index (κ1) is 7.04. The molecule has 1 aliphatic rings. The first-order valence-electron chi connectivity index (χ1n) is 3.00. The molecule has 0 bridgehead atoms. The molecule has 1 aliphatic heterocycles. The van der Waals surface area contributed by atoms with E-state index in [1.165, 1.54) is 0 Å². The number of nitrogens with zero attached hydrogens (tertiary/aromatic N) is 1. The highest BCUT2D eigenvalue weighted by Crippen LogP contribution is 2.19. The summed E-state index contributed by atoms with van der Waals surface area (Å²) in [5, 5.41) is 8.46. The molecule has 1 saturated heterocycles. The molecule has 1 heterocycles. The summed E-state index contributed by atoms with van der Waals surface area (Å²) in [6, 6.07) is 2.08. The highest BCUT2D eigenvalue weighted by Gasteiger charge is 2.22.